The standard InChI is InChI=1S/C11H23NO/c1-2-3-6-11(9-12)7-4-10(13)5-8-11/h10,13H,2-9,12H2,1H3. The summed E-state index contributed by atoms with van der Waals surface area (Å²) in [4.78, 5) is 0. The Hall–Kier alpha value is -0.0800. The molecule has 2 nitrogen and oxygen atoms in total. The van der Waals surface area contributed by atoms with Crippen LogP contribution < -0.4 is 5.73 Å². The Morgan fingerprint density at radius 2 is 2.00 bits per heavy atom. The molecule has 1 rings (SSSR count). The van der Waals surface area contributed by atoms with Crippen molar-refractivity contribution in [2.24, 2.45) is 11.1 Å². The van der Waals surface area contributed by atoms with E-state index < -0.39 is 0 Å². The number of nitrogens with two attached hydrogens (primary N) is 1. The van der Waals surface area contributed by atoms with Crippen molar-refractivity contribution >= 4 is 0 Å². The molecule has 1 aliphatic rings. The minimum Gasteiger partial charge on any atom is -0.393 e. The Morgan fingerprint density at radius 3 is 2.46 bits per heavy atom. The van der Waals surface area contributed by atoms with Gasteiger partial charge in [0.15, 0.2) is 0 Å². The summed E-state index contributed by atoms with van der Waals surface area (Å²) in [6.45, 7) is 3.03. The molecule has 0 saturated heterocycles. The van der Waals surface area contributed by atoms with Crippen molar-refractivity contribution in [3.8, 4) is 0 Å². The largest absolute Gasteiger partial charge is 0.393 e. The van der Waals surface area contributed by atoms with Crippen LogP contribution >= 0.6 is 0 Å². The second-order valence-corrected chi connectivity index (χ2v) is 4.54. The highest BCUT2D eigenvalue weighted by Crippen LogP contribution is 2.39. The molecule has 0 radical (unpaired) electrons. The number of hydrogen-bond donors (Lipinski definition) is 2. The molecule has 0 bridgehead atoms. The summed E-state index contributed by atoms with van der Waals surface area (Å²) in [7, 11) is 0. The molecule has 0 atom stereocenters. The maximum atomic E-state index is 9.42. The molecule has 2 heteroatoms. The minimum absolute atomic E-state index is 0.0544. The van der Waals surface area contributed by atoms with Gasteiger partial charge in [0.05, 0.1) is 6.10 Å². The Morgan fingerprint density at radius 1 is 1.38 bits per heavy atom. The summed E-state index contributed by atoms with van der Waals surface area (Å²) in [5.74, 6) is 0. The molecule has 0 aromatic carbocycles. The molecule has 78 valence electrons. The molecular formula is C11H23NO. The predicted molar refractivity (Wildman–Crippen MR) is 55.5 cm³/mol. The zero-order chi connectivity index (χ0) is 9.73. The van der Waals surface area contributed by atoms with Gasteiger partial charge in [-0.1, -0.05) is 19.8 Å². The Kier molecular flexibility index (Phi) is 4.20. The quantitative estimate of drug-likeness (QED) is 0.704. The van der Waals surface area contributed by atoms with Crippen molar-refractivity contribution < 1.29 is 5.11 Å². The second kappa shape index (κ2) is 4.97. The van der Waals surface area contributed by atoms with E-state index in [4.69, 9.17) is 5.73 Å². The zero-order valence-corrected chi connectivity index (χ0v) is 8.76. The molecule has 0 aromatic heterocycles. The lowest BCUT2D eigenvalue weighted by Gasteiger charge is -2.38. The molecule has 3 N–H and O–H groups in total. The monoisotopic (exact) mass is 185 g/mol. The van der Waals surface area contributed by atoms with Gasteiger partial charge in [0.25, 0.3) is 0 Å². The maximum Gasteiger partial charge on any atom is 0.0540 e. The smallest absolute Gasteiger partial charge is 0.0540 e. The third-order valence-electron chi connectivity index (χ3n) is 3.51. The predicted octanol–water partition coefficient (Wildman–Crippen LogP) is 2.06. The van der Waals surface area contributed by atoms with Crippen LogP contribution in [0.2, 0.25) is 0 Å². The number of rotatable bonds is 4. The first-order chi connectivity index (χ1) is 6.22. The minimum atomic E-state index is -0.0544. The molecule has 0 unspecified atom stereocenters. The van der Waals surface area contributed by atoms with Gasteiger partial charge in [-0.2, -0.15) is 0 Å². The number of aliphatic hydroxyl groups is 1. The zero-order valence-electron chi connectivity index (χ0n) is 8.76. The fraction of sp³-hybridized carbons (Fsp3) is 1.00. The van der Waals surface area contributed by atoms with Crippen molar-refractivity contribution in [3.63, 3.8) is 0 Å². The van der Waals surface area contributed by atoms with Crippen LogP contribution in [0.3, 0.4) is 0 Å². The van der Waals surface area contributed by atoms with Crippen LogP contribution in [0.4, 0.5) is 0 Å². The van der Waals surface area contributed by atoms with Crippen molar-refractivity contribution in [1.82, 2.24) is 0 Å². The Bertz CT molecular complexity index is 134. The Balaban J connectivity index is 2.40. The van der Waals surface area contributed by atoms with E-state index in [2.05, 4.69) is 6.92 Å². The maximum absolute atomic E-state index is 9.42. The molecule has 0 spiro atoms. The summed E-state index contributed by atoms with van der Waals surface area (Å²) < 4.78 is 0. The SMILES string of the molecule is CCCCC1(CN)CCC(O)CC1. The number of aliphatic hydroxyl groups excluding tert-OH is 1. The van der Waals surface area contributed by atoms with E-state index in [1.54, 1.807) is 0 Å². The van der Waals surface area contributed by atoms with E-state index in [1.807, 2.05) is 0 Å². The van der Waals surface area contributed by atoms with Crippen LogP contribution in [0, 0.1) is 5.41 Å². The molecule has 1 aliphatic carbocycles. The van der Waals surface area contributed by atoms with Gasteiger partial charge in [-0.25, -0.2) is 0 Å². The average Bonchev–Trinajstić information content (AvgIpc) is 2.18. The lowest BCUT2D eigenvalue weighted by Crippen LogP contribution is -2.36. The summed E-state index contributed by atoms with van der Waals surface area (Å²) in [6, 6.07) is 0. The van der Waals surface area contributed by atoms with Crippen LogP contribution in [0.15, 0.2) is 0 Å². The van der Waals surface area contributed by atoms with Gasteiger partial charge >= 0.3 is 0 Å². The van der Waals surface area contributed by atoms with Gasteiger partial charge in [-0.15, -0.1) is 0 Å². The van der Waals surface area contributed by atoms with Crippen LogP contribution in [-0.2, 0) is 0 Å². The third-order valence-corrected chi connectivity index (χ3v) is 3.51. The van der Waals surface area contributed by atoms with Gasteiger partial charge in [0, 0.05) is 0 Å². The fourth-order valence-electron chi connectivity index (χ4n) is 2.32. The van der Waals surface area contributed by atoms with Crippen molar-refractivity contribution in [2.45, 2.75) is 58.0 Å². The van der Waals surface area contributed by atoms with Gasteiger partial charge in [0.1, 0.15) is 0 Å². The van der Waals surface area contributed by atoms with Crippen molar-refractivity contribution in [3.05, 3.63) is 0 Å². The molecule has 0 aromatic rings. The highest BCUT2D eigenvalue weighted by molar-refractivity contribution is 4.86. The Labute approximate surface area is 81.5 Å². The number of unbranched alkanes of at least 4 members (excludes halogenated alkanes) is 1. The molecule has 0 heterocycles. The highest BCUT2D eigenvalue weighted by atomic mass is 16.3. The summed E-state index contributed by atoms with van der Waals surface area (Å²) >= 11 is 0. The molecular weight excluding hydrogens is 162 g/mol. The van der Waals surface area contributed by atoms with Crippen LogP contribution in [-0.4, -0.2) is 17.8 Å². The molecule has 13 heavy (non-hydrogen) atoms. The van der Waals surface area contributed by atoms with E-state index in [0.717, 1.165) is 32.2 Å². The van der Waals surface area contributed by atoms with E-state index in [0.29, 0.717) is 5.41 Å². The van der Waals surface area contributed by atoms with E-state index in [9.17, 15) is 5.11 Å². The van der Waals surface area contributed by atoms with E-state index >= 15 is 0 Å². The first kappa shape index (κ1) is 11.0. The van der Waals surface area contributed by atoms with Gasteiger partial charge in [-0.05, 0) is 44.1 Å². The average molecular weight is 185 g/mol. The van der Waals surface area contributed by atoms with E-state index in [-0.39, 0.29) is 6.10 Å². The topological polar surface area (TPSA) is 46.2 Å². The lowest BCUT2D eigenvalue weighted by atomic mass is 9.70. The summed E-state index contributed by atoms with van der Waals surface area (Å²) in [6.07, 6.45) is 7.92. The normalized spacial score (nSPS) is 34.8. The van der Waals surface area contributed by atoms with Crippen LogP contribution in [0.1, 0.15) is 51.9 Å². The third kappa shape index (κ3) is 2.96. The molecule has 0 amide bonds. The first-order valence-electron chi connectivity index (χ1n) is 5.60. The van der Waals surface area contributed by atoms with E-state index in [1.165, 1.54) is 19.3 Å². The highest BCUT2D eigenvalue weighted by Gasteiger charge is 2.32. The van der Waals surface area contributed by atoms with Gasteiger partial charge in [0.2, 0.25) is 0 Å². The van der Waals surface area contributed by atoms with Gasteiger partial charge in [-0.3, -0.25) is 0 Å². The lowest BCUT2D eigenvalue weighted by molar-refractivity contribution is 0.0606. The molecule has 1 fully saturated rings. The number of hydrogen-bond acceptors (Lipinski definition) is 2. The molecule has 1 saturated carbocycles. The van der Waals surface area contributed by atoms with Crippen LogP contribution in [0.5, 0.6) is 0 Å². The van der Waals surface area contributed by atoms with Crippen molar-refractivity contribution in [2.75, 3.05) is 6.54 Å². The fourth-order valence-corrected chi connectivity index (χ4v) is 2.32. The second-order valence-electron chi connectivity index (χ2n) is 4.54. The van der Waals surface area contributed by atoms with Crippen LogP contribution in [0.25, 0.3) is 0 Å². The summed E-state index contributed by atoms with van der Waals surface area (Å²) in [5, 5.41) is 9.42. The van der Waals surface area contributed by atoms with Crippen molar-refractivity contribution in [1.29, 1.82) is 0 Å². The first-order valence-corrected chi connectivity index (χ1v) is 5.60. The summed E-state index contributed by atoms with van der Waals surface area (Å²) in [5.41, 5.74) is 6.21. The molecule has 0 aliphatic heterocycles. The van der Waals surface area contributed by atoms with Gasteiger partial charge < -0.3 is 10.8 Å².